The summed E-state index contributed by atoms with van der Waals surface area (Å²) in [6.45, 7) is 16.8. The summed E-state index contributed by atoms with van der Waals surface area (Å²) in [6.07, 6.45) is 6.04. The molecule has 106 valence electrons. The largest absolute Gasteiger partial charge is 0.0688 e. The first-order chi connectivity index (χ1) is 9.21. The molecule has 3 rings (SSSR count). The Kier molecular flexibility index (Phi) is 2.92. The second kappa shape index (κ2) is 4.21. The van der Waals surface area contributed by atoms with Crippen molar-refractivity contribution in [2.24, 2.45) is 0 Å². The molecule has 0 bridgehead atoms. The normalized spacial score (nSPS) is 20.6. The minimum Gasteiger partial charge on any atom is -0.0688 e. The molecule has 0 N–H and O–H groups in total. The second-order valence-corrected chi connectivity index (χ2v) is 13.1. The average molecular weight is 283 g/mol. The maximum Gasteiger partial charge on any atom is 0.0569 e. The lowest BCUT2D eigenvalue weighted by molar-refractivity contribution is 1.03. The Hall–Kier alpha value is -1.08. The quantitative estimate of drug-likeness (QED) is 0.585. The van der Waals surface area contributed by atoms with Crippen LogP contribution in [0, 0.1) is 13.8 Å². The number of fused-ring (bicyclic) bond motifs is 2. The van der Waals surface area contributed by atoms with Gasteiger partial charge in [-0.25, -0.2) is 0 Å². The zero-order chi connectivity index (χ0) is 14.8. The smallest absolute Gasteiger partial charge is 0.0569 e. The predicted molar refractivity (Wildman–Crippen MR) is 93.0 cm³/mol. The third-order valence-corrected chi connectivity index (χ3v) is 7.58. The minimum absolute atomic E-state index is 0.711. The maximum absolute atomic E-state index is 2.51. The van der Waals surface area contributed by atoms with E-state index in [0.717, 1.165) is 6.42 Å². The van der Waals surface area contributed by atoms with Crippen LogP contribution in [-0.2, 0) is 6.42 Å². The molecular weight excluding hydrogens is 256 g/mol. The lowest BCUT2D eigenvalue weighted by Gasteiger charge is -2.30. The van der Waals surface area contributed by atoms with Crippen molar-refractivity contribution < 1.29 is 0 Å². The lowest BCUT2D eigenvalue weighted by atomic mass is 9.89. The van der Waals surface area contributed by atoms with E-state index in [4.69, 9.17) is 0 Å². The van der Waals surface area contributed by atoms with E-state index in [1.165, 1.54) is 22.3 Å². The Morgan fingerprint density at radius 1 is 0.900 bits per heavy atom. The van der Waals surface area contributed by atoms with Gasteiger partial charge in [0.2, 0.25) is 0 Å². The monoisotopic (exact) mass is 282 g/mol. The van der Waals surface area contributed by atoms with Crippen LogP contribution in [0.25, 0.3) is 12.2 Å². The molecule has 0 nitrogen and oxygen atoms in total. The summed E-state index contributed by atoms with van der Waals surface area (Å²) in [5.74, 6) is 0. The first-order valence-electron chi connectivity index (χ1n) is 7.73. The molecule has 0 saturated carbocycles. The van der Waals surface area contributed by atoms with Crippen LogP contribution >= 0.6 is 0 Å². The van der Waals surface area contributed by atoms with Gasteiger partial charge >= 0.3 is 0 Å². The molecule has 0 amide bonds. The highest BCUT2D eigenvalue weighted by atomic mass is 28.3. The van der Waals surface area contributed by atoms with Crippen molar-refractivity contribution >= 4 is 20.2 Å². The highest BCUT2D eigenvalue weighted by molar-refractivity contribution is 6.78. The summed E-state index contributed by atoms with van der Waals surface area (Å²) in [6, 6.07) is 0. The van der Waals surface area contributed by atoms with Crippen molar-refractivity contribution in [1.29, 1.82) is 0 Å². The highest BCUT2D eigenvalue weighted by Crippen LogP contribution is 2.48. The van der Waals surface area contributed by atoms with Gasteiger partial charge in [0.15, 0.2) is 0 Å². The van der Waals surface area contributed by atoms with Gasteiger partial charge < -0.3 is 0 Å². The highest BCUT2D eigenvalue weighted by Gasteiger charge is 2.37. The maximum atomic E-state index is 2.51. The summed E-state index contributed by atoms with van der Waals surface area (Å²) in [5.41, 5.74) is 13.2. The Labute approximate surface area is 124 Å². The van der Waals surface area contributed by atoms with E-state index in [1.807, 2.05) is 0 Å². The fraction of sp³-hybridized carbons (Fsp3) is 0.474. The summed E-state index contributed by atoms with van der Waals surface area (Å²) in [7, 11) is -1.23. The van der Waals surface area contributed by atoms with Gasteiger partial charge in [-0.15, -0.1) is 0 Å². The van der Waals surface area contributed by atoms with Crippen LogP contribution in [0.15, 0.2) is 11.1 Å². The number of hydrogen-bond donors (Lipinski definition) is 0. The van der Waals surface area contributed by atoms with Crippen LogP contribution in [0.5, 0.6) is 0 Å². The van der Waals surface area contributed by atoms with Gasteiger partial charge in [-0.3, -0.25) is 0 Å². The van der Waals surface area contributed by atoms with Crippen molar-refractivity contribution in [3.05, 3.63) is 44.5 Å². The number of hydrogen-bond acceptors (Lipinski definition) is 0. The minimum atomic E-state index is -1.23. The Balaban J connectivity index is 2.31. The van der Waals surface area contributed by atoms with Gasteiger partial charge in [0, 0.05) is 5.54 Å². The van der Waals surface area contributed by atoms with E-state index >= 15 is 0 Å². The molecular formula is C19H26Si. The molecule has 1 atom stereocenters. The van der Waals surface area contributed by atoms with Gasteiger partial charge in [0.1, 0.15) is 0 Å². The third kappa shape index (κ3) is 1.79. The molecule has 0 heterocycles. The summed E-state index contributed by atoms with van der Waals surface area (Å²) >= 11 is 0. The molecule has 2 aliphatic carbocycles. The van der Waals surface area contributed by atoms with Crippen LogP contribution in [0.2, 0.25) is 19.6 Å². The van der Waals surface area contributed by atoms with E-state index in [9.17, 15) is 0 Å². The topological polar surface area (TPSA) is 0 Å². The van der Waals surface area contributed by atoms with Crippen molar-refractivity contribution in [2.45, 2.75) is 59.3 Å². The summed E-state index contributed by atoms with van der Waals surface area (Å²) in [5, 5.41) is 0. The molecule has 0 saturated heterocycles. The molecule has 0 spiro atoms. The molecule has 20 heavy (non-hydrogen) atoms. The SMILES string of the molecule is CC1=Cc2c(C)c3c(c(C)c2C1)C([Si](C)(C)C)C(C)=C3. The summed E-state index contributed by atoms with van der Waals surface area (Å²) in [4.78, 5) is 0. The van der Waals surface area contributed by atoms with E-state index in [0.29, 0.717) is 5.54 Å². The van der Waals surface area contributed by atoms with Crippen molar-refractivity contribution in [1.82, 2.24) is 0 Å². The molecule has 1 aromatic rings. The van der Waals surface area contributed by atoms with Crippen molar-refractivity contribution in [3.63, 3.8) is 0 Å². The fourth-order valence-electron chi connectivity index (χ4n) is 4.35. The van der Waals surface area contributed by atoms with Gasteiger partial charge in [-0.05, 0) is 67.5 Å². The van der Waals surface area contributed by atoms with E-state index < -0.39 is 8.07 Å². The zero-order valence-electron chi connectivity index (χ0n) is 13.9. The average Bonchev–Trinajstić information content (AvgIpc) is 2.86. The van der Waals surface area contributed by atoms with Gasteiger partial charge in [-0.1, -0.05) is 42.9 Å². The van der Waals surface area contributed by atoms with Crippen molar-refractivity contribution in [2.75, 3.05) is 0 Å². The van der Waals surface area contributed by atoms with Crippen LogP contribution in [0.4, 0.5) is 0 Å². The molecule has 1 aromatic carbocycles. The third-order valence-electron chi connectivity index (χ3n) is 5.11. The number of rotatable bonds is 1. The number of allylic oxidation sites excluding steroid dienone is 2. The van der Waals surface area contributed by atoms with E-state index in [-0.39, 0.29) is 0 Å². The van der Waals surface area contributed by atoms with Gasteiger partial charge in [0.05, 0.1) is 8.07 Å². The van der Waals surface area contributed by atoms with E-state index in [2.05, 4.69) is 59.5 Å². The van der Waals surface area contributed by atoms with E-state index in [1.54, 1.807) is 22.3 Å². The van der Waals surface area contributed by atoms with Gasteiger partial charge in [-0.2, -0.15) is 0 Å². The Morgan fingerprint density at radius 3 is 2.15 bits per heavy atom. The Bertz CT molecular complexity index is 666. The van der Waals surface area contributed by atoms with Crippen molar-refractivity contribution in [3.8, 4) is 0 Å². The first-order valence-corrected chi connectivity index (χ1v) is 11.3. The summed E-state index contributed by atoms with van der Waals surface area (Å²) < 4.78 is 0. The Morgan fingerprint density at radius 2 is 1.55 bits per heavy atom. The van der Waals surface area contributed by atoms with Crippen LogP contribution < -0.4 is 0 Å². The molecule has 0 aliphatic heterocycles. The standard InChI is InChI=1S/C19H26Si/c1-11-8-15-13(3)17-10-12(2)19(20(5,6)7)18(17)14(4)16(15)9-11/h8,10,19H,9H2,1-7H3. The molecule has 1 unspecified atom stereocenters. The van der Waals surface area contributed by atoms with Gasteiger partial charge in [0.25, 0.3) is 0 Å². The first kappa shape index (κ1) is 13.9. The second-order valence-electron chi connectivity index (χ2n) is 7.82. The molecule has 2 aliphatic rings. The molecule has 0 aromatic heterocycles. The molecule has 1 heteroatoms. The van der Waals surface area contributed by atoms with Crippen LogP contribution in [-0.4, -0.2) is 8.07 Å². The number of benzene rings is 1. The lowest BCUT2D eigenvalue weighted by Crippen LogP contribution is -2.31. The zero-order valence-corrected chi connectivity index (χ0v) is 14.9. The van der Waals surface area contributed by atoms with Crippen LogP contribution in [0.3, 0.4) is 0 Å². The molecule has 0 radical (unpaired) electrons. The molecule has 0 fully saturated rings. The fourth-order valence-corrected chi connectivity index (χ4v) is 7.04. The predicted octanol–water partition coefficient (Wildman–Crippen LogP) is 5.64. The van der Waals surface area contributed by atoms with Crippen LogP contribution in [0.1, 0.15) is 52.8 Å².